The van der Waals surface area contributed by atoms with Crippen molar-refractivity contribution in [1.29, 1.82) is 5.26 Å². The van der Waals surface area contributed by atoms with Gasteiger partial charge in [0.1, 0.15) is 0 Å². The fourth-order valence-corrected chi connectivity index (χ4v) is 5.66. The minimum atomic E-state index is 0.658. The van der Waals surface area contributed by atoms with Gasteiger partial charge >= 0.3 is 0 Å². The molecule has 0 aliphatic carbocycles. The maximum atomic E-state index is 9.41. The van der Waals surface area contributed by atoms with E-state index < -0.39 is 0 Å². The molecule has 0 radical (unpaired) electrons. The maximum Gasteiger partial charge on any atom is 0.0991 e. The van der Waals surface area contributed by atoms with Crippen LogP contribution in [0.4, 0.5) is 0 Å². The van der Waals surface area contributed by atoms with E-state index in [9.17, 15) is 5.26 Å². The largest absolute Gasteiger partial charge is 0.347 e. The van der Waals surface area contributed by atoms with Crippen LogP contribution < -0.4 is 5.73 Å². The Kier molecular flexibility index (Phi) is 8.14. The van der Waals surface area contributed by atoms with Crippen molar-refractivity contribution in [3.8, 4) is 17.2 Å². The standard InChI is InChI=1S/C30H31Cl2N5/c31-28-6-2-7-29(32)27(28)20-36-14-12-35(13-15-36)19-23-8-9-30-25(17-23)26(21-37(30)11-3-10-33)24-5-1-4-22(16-24)18-34/h1-2,4-9,16-17,21H,3,10-15,19-20,33H2. The number of aryl methyl sites for hydroxylation is 1. The van der Waals surface area contributed by atoms with Gasteiger partial charge < -0.3 is 10.3 Å². The van der Waals surface area contributed by atoms with Gasteiger partial charge in [-0.1, -0.05) is 47.5 Å². The predicted octanol–water partition coefficient (Wildman–Crippen LogP) is 6.15. The van der Waals surface area contributed by atoms with Gasteiger partial charge in [0.05, 0.1) is 11.6 Å². The topological polar surface area (TPSA) is 61.2 Å². The summed E-state index contributed by atoms with van der Waals surface area (Å²) in [5.41, 5.74) is 12.2. The van der Waals surface area contributed by atoms with Gasteiger partial charge in [0.2, 0.25) is 0 Å². The summed E-state index contributed by atoms with van der Waals surface area (Å²) in [6.45, 7) is 7.16. The molecule has 7 heteroatoms. The maximum absolute atomic E-state index is 9.41. The summed E-state index contributed by atoms with van der Waals surface area (Å²) >= 11 is 12.8. The lowest BCUT2D eigenvalue weighted by atomic mass is 10.0. The molecule has 4 aromatic rings. The molecule has 5 nitrogen and oxygen atoms in total. The Balaban J connectivity index is 1.33. The third kappa shape index (κ3) is 5.85. The first-order chi connectivity index (χ1) is 18.1. The first-order valence-electron chi connectivity index (χ1n) is 12.8. The van der Waals surface area contributed by atoms with Gasteiger partial charge in [0.25, 0.3) is 0 Å². The highest BCUT2D eigenvalue weighted by Crippen LogP contribution is 2.33. The molecule has 1 fully saturated rings. The van der Waals surface area contributed by atoms with E-state index in [1.165, 1.54) is 16.5 Å². The molecule has 5 rings (SSSR count). The van der Waals surface area contributed by atoms with Crippen LogP contribution in [0.2, 0.25) is 10.0 Å². The average Bonchev–Trinajstić information content (AvgIpc) is 3.28. The first kappa shape index (κ1) is 25.8. The summed E-state index contributed by atoms with van der Waals surface area (Å²) in [7, 11) is 0. The van der Waals surface area contributed by atoms with Crippen molar-refractivity contribution >= 4 is 34.1 Å². The van der Waals surface area contributed by atoms with Gasteiger partial charge in [-0.25, -0.2) is 0 Å². The van der Waals surface area contributed by atoms with E-state index in [0.717, 1.165) is 79.0 Å². The molecule has 3 aromatic carbocycles. The van der Waals surface area contributed by atoms with Gasteiger partial charge in [-0.2, -0.15) is 5.26 Å². The predicted molar refractivity (Wildman–Crippen MR) is 153 cm³/mol. The monoisotopic (exact) mass is 531 g/mol. The number of nitrogens with zero attached hydrogens (tertiary/aromatic N) is 4. The molecular weight excluding hydrogens is 501 g/mol. The van der Waals surface area contributed by atoms with Crippen LogP contribution in [0.15, 0.2) is 66.9 Å². The van der Waals surface area contributed by atoms with E-state index in [1.807, 2.05) is 36.4 Å². The van der Waals surface area contributed by atoms with E-state index in [4.69, 9.17) is 28.9 Å². The number of rotatable bonds is 8. The molecule has 2 heterocycles. The summed E-state index contributed by atoms with van der Waals surface area (Å²) in [5.74, 6) is 0. The molecule has 0 bridgehead atoms. The van der Waals surface area contributed by atoms with Gasteiger partial charge in [-0.05, 0) is 60.5 Å². The third-order valence-corrected chi connectivity index (χ3v) is 7.87. The van der Waals surface area contributed by atoms with Crippen LogP contribution in [0.25, 0.3) is 22.0 Å². The van der Waals surface area contributed by atoms with Crippen LogP contribution in [-0.4, -0.2) is 47.1 Å². The molecule has 0 saturated carbocycles. The Morgan fingerprint density at radius 1 is 0.865 bits per heavy atom. The molecule has 1 aliphatic heterocycles. The molecule has 1 aliphatic rings. The number of nitriles is 1. The van der Waals surface area contributed by atoms with Crippen molar-refractivity contribution in [1.82, 2.24) is 14.4 Å². The molecule has 1 saturated heterocycles. The van der Waals surface area contributed by atoms with E-state index in [-0.39, 0.29) is 0 Å². The zero-order valence-electron chi connectivity index (χ0n) is 20.8. The summed E-state index contributed by atoms with van der Waals surface area (Å²) in [6.07, 6.45) is 3.13. The Bertz CT molecular complexity index is 1410. The van der Waals surface area contributed by atoms with E-state index in [2.05, 4.69) is 50.9 Å². The van der Waals surface area contributed by atoms with Gasteiger partial charge in [-0.3, -0.25) is 9.80 Å². The molecule has 2 N–H and O–H groups in total. The molecule has 0 atom stereocenters. The van der Waals surface area contributed by atoms with Crippen molar-refractivity contribution in [2.75, 3.05) is 32.7 Å². The summed E-state index contributed by atoms with van der Waals surface area (Å²) < 4.78 is 2.29. The second kappa shape index (κ2) is 11.7. The highest BCUT2D eigenvalue weighted by atomic mass is 35.5. The van der Waals surface area contributed by atoms with Gasteiger partial charge in [0, 0.05) is 84.1 Å². The molecular formula is C30H31Cl2N5. The van der Waals surface area contributed by atoms with Crippen LogP contribution in [0.1, 0.15) is 23.1 Å². The van der Waals surface area contributed by atoms with E-state index in [0.29, 0.717) is 12.1 Å². The van der Waals surface area contributed by atoms with Crippen LogP contribution in [0.3, 0.4) is 0 Å². The van der Waals surface area contributed by atoms with Crippen molar-refractivity contribution in [2.24, 2.45) is 5.73 Å². The van der Waals surface area contributed by atoms with Crippen LogP contribution >= 0.6 is 23.2 Å². The van der Waals surface area contributed by atoms with E-state index >= 15 is 0 Å². The van der Waals surface area contributed by atoms with Crippen LogP contribution in [0.5, 0.6) is 0 Å². The van der Waals surface area contributed by atoms with Crippen molar-refractivity contribution in [2.45, 2.75) is 26.1 Å². The van der Waals surface area contributed by atoms with Gasteiger partial charge in [-0.15, -0.1) is 0 Å². The molecule has 1 aromatic heterocycles. The number of halogens is 2. The number of hydrogen-bond donors (Lipinski definition) is 1. The number of hydrogen-bond acceptors (Lipinski definition) is 4. The molecule has 190 valence electrons. The highest BCUT2D eigenvalue weighted by Gasteiger charge is 2.20. The van der Waals surface area contributed by atoms with Crippen LogP contribution in [0, 0.1) is 11.3 Å². The second-order valence-corrected chi connectivity index (χ2v) is 10.5. The molecule has 37 heavy (non-hydrogen) atoms. The lowest BCUT2D eigenvalue weighted by molar-refractivity contribution is 0.122. The minimum absolute atomic E-state index is 0.658. The summed E-state index contributed by atoms with van der Waals surface area (Å²) in [4.78, 5) is 4.93. The summed E-state index contributed by atoms with van der Waals surface area (Å²) in [6, 6.07) is 22.6. The van der Waals surface area contributed by atoms with Crippen molar-refractivity contribution < 1.29 is 0 Å². The number of benzene rings is 3. The normalized spacial score (nSPS) is 14.8. The Morgan fingerprint density at radius 3 is 2.27 bits per heavy atom. The van der Waals surface area contributed by atoms with E-state index in [1.54, 1.807) is 0 Å². The zero-order valence-corrected chi connectivity index (χ0v) is 22.3. The first-order valence-corrected chi connectivity index (χ1v) is 13.5. The molecule has 0 amide bonds. The number of nitrogens with two attached hydrogens (primary N) is 1. The van der Waals surface area contributed by atoms with Crippen molar-refractivity contribution in [3.05, 3.63) is 93.6 Å². The minimum Gasteiger partial charge on any atom is -0.347 e. The summed E-state index contributed by atoms with van der Waals surface area (Å²) in [5, 5.41) is 12.1. The SMILES string of the molecule is N#Cc1cccc(-c2cn(CCCN)c3ccc(CN4CCN(Cc5c(Cl)cccc5Cl)CC4)cc23)c1. The third-order valence-electron chi connectivity index (χ3n) is 7.17. The number of fused-ring (bicyclic) bond motifs is 1. The fourth-order valence-electron chi connectivity index (χ4n) is 5.15. The molecule has 0 spiro atoms. The number of piperazine rings is 1. The number of aromatic nitrogens is 1. The quantitative estimate of drug-likeness (QED) is 0.296. The average molecular weight is 533 g/mol. The highest BCUT2D eigenvalue weighted by molar-refractivity contribution is 6.35. The molecule has 0 unspecified atom stereocenters. The van der Waals surface area contributed by atoms with Gasteiger partial charge in [0.15, 0.2) is 0 Å². The lowest BCUT2D eigenvalue weighted by Gasteiger charge is -2.35. The Labute approximate surface area is 228 Å². The lowest BCUT2D eigenvalue weighted by Crippen LogP contribution is -2.45. The van der Waals surface area contributed by atoms with Crippen molar-refractivity contribution in [3.63, 3.8) is 0 Å². The smallest absolute Gasteiger partial charge is 0.0991 e. The fraction of sp³-hybridized carbons (Fsp3) is 0.300. The van der Waals surface area contributed by atoms with Crippen LogP contribution in [-0.2, 0) is 19.6 Å². The second-order valence-electron chi connectivity index (χ2n) is 9.68. The Hall–Kier alpha value is -2.85. The zero-order chi connectivity index (χ0) is 25.8. The Morgan fingerprint density at radius 2 is 1.57 bits per heavy atom.